The fourth-order valence-electron chi connectivity index (χ4n) is 2.30. The third-order valence-electron chi connectivity index (χ3n) is 3.50. The lowest BCUT2D eigenvalue weighted by molar-refractivity contribution is 0.151. The Kier molecular flexibility index (Phi) is 15.9. The Morgan fingerprint density at radius 2 is 1.33 bits per heavy atom. The Morgan fingerprint density at radius 1 is 0.905 bits per heavy atom. The van der Waals surface area contributed by atoms with Crippen molar-refractivity contribution >= 4 is 55.4 Å². The molecule has 4 heteroatoms. The van der Waals surface area contributed by atoms with Gasteiger partial charge in [-0.3, -0.25) is 0 Å². The summed E-state index contributed by atoms with van der Waals surface area (Å²) >= 11 is 5.22. The van der Waals surface area contributed by atoms with Crippen molar-refractivity contribution in [2.75, 3.05) is 13.2 Å². The zero-order valence-electron chi connectivity index (χ0n) is 14.1. The highest BCUT2D eigenvalue weighted by Gasteiger charge is 2.12. The molecule has 0 saturated heterocycles. The average Bonchev–Trinajstić information content (AvgIpc) is 2.37. The van der Waals surface area contributed by atoms with Gasteiger partial charge in [0.25, 0.3) is 0 Å². The average molecular weight is 536 g/mol. The summed E-state index contributed by atoms with van der Waals surface area (Å²) in [5.41, 5.74) is 1.12. The third kappa shape index (κ3) is 21.4. The van der Waals surface area contributed by atoms with Crippen molar-refractivity contribution in [1.29, 1.82) is 0 Å². The molecule has 0 aliphatic carbocycles. The van der Waals surface area contributed by atoms with Crippen molar-refractivity contribution in [1.82, 2.24) is 0 Å². The number of unbranched alkanes of at least 4 members (excludes halogenated alkanes) is 9. The lowest BCUT2D eigenvalue weighted by Crippen LogP contribution is -2.08. The van der Waals surface area contributed by atoms with E-state index in [0.29, 0.717) is 1.05 Å². The van der Waals surface area contributed by atoms with Gasteiger partial charge in [0, 0.05) is 16.8 Å². The molecule has 0 bridgehead atoms. The van der Waals surface area contributed by atoms with Crippen LogP contribution in [0.5, 0.6) is 0 Å². The first-order chi connectivity index (χ1) is 9.92. The molecule has 0 aromatic heterocycles. The molecule has 126 valence electrons. The highest BCUT2D eigenvalue weighted by atomic mass is 127. The summed E-state index contributed by atoms with van der Waals surface area (Å²) in [5.74, 6) is 0. The van der Waals surface area contributed by atoms with Crippen LogP contribution in [-0.4, -0.2) is 24.5 Å². The second-order valence-electron chi connectivity index (χ2n) is 6.37. The number of hydrogen-bond donors (Lipinski definition) is 0. The molecule has 0 saturated carbocycles. The molecule has 0 heterocycles. The first-order valence-electron chi connectivity index (χ1n) is 8.52. The molecule has 0 aliphatic heterocycles. The van der Waals surface area contributed by atoms with E-state index in [1.165, 1.54) is 80.9 Å². The maximum absolute atomic E-state index is 5.50. The predicted octanol–water partition coefficient (Wildman–Crippen LogP) is 5.76. The predicted molar refractivity (Wildman–Crippen MR) is 117 cm³/mol. The molecule has 0 aliphatic rings. The summed E-state index contributed by atoms with van der Waals surface area (Å²) in [4.78, 5) is 0. The number of halogens is 2. The van der Waals surface area contributed by atoms with Crippen LogP contribution in [-0.2, 0) is 4.74 Å². The van der Waals surface area contributed by atoms with Crippen LogP contribution in [0.15, 0.2) is 12.2 Å². The molecule has 0 atom stereocenters. The highest BCUT2D eigenvalue weighted by Crippen LogP contribution is 2.29. The summed E-state index contributed by atoms with van der Waals surface area (Å²) in [6, 6.07) is 0. The molecule has 0 radical (unpaired) electrons. The van der Waals surface area contributed by atoms with Crippen LogP contribution in [0.4, 0.5) is 0 Å². The van der Waals surface area contributed by atoms with Crippen LogP contribution in [0.1, 0.15) is 77.6 Å². The molecule has 0 N–H and O–H groups in total. The third-order valence-corrected chi connectivity index (χ3v) is 5.08. The molecular weight excluding hydrogens is 502 g/mol. The summed E-state index contributed by atoms with van der Waals surface area (Å²) in [5, 5.41) is 0. The number of ether oxygens (including phenoxy) is 1. The second-order valence-corrected chi connectivity index (χ2v) is 19.0. The molecule has 0 spiro atoms. The quantitative estimate of drug-likeness (QED) is 0.0851. The lowest BCUT2D eigenvalue weighted by atomic mass is 10.1. The standard InChI is InChI=1S/C17H34I2OSi/c1-16(2)15-20-14-12-10-8-6-4-3-5-7-9-11-13-17(18,19)21/h1,3-15H2,2,21H3. The molecule has 0 rings (SSSR count). The normalized spacial score (nSPS) is 12.0. The first-order valence-corrected chi connectivity index (χ1v) is 11.7. The molecule has 1 nitrogen and oxygen atoms in total. The minimum Gasteiger partial charge on any atom is -0.377 e. The van der Waals surface area contributed by atoms with Gasteiger partial charge in [0.1, 0.15) is 0 Å². The SMILES string of the molecule is C=C(C)COCCCCCCCCCCCCC([SiH3])(I)I. The minimum atomic E-state index is 0.601. The van der Waals surface area contributed by atoms with Crippen LogP contribution < -0.4 is 0 Å². The Morgan fingerprint density at radius 3 is 1.76 bits per heavy atom. The minimum absolute atomic E-state index is 0.601. The molecule has 0 fully saturated rings. The van der Waals surface area contributed by atoms with Gasteiger partial charge in [0.15, 0.2) is 0 Å². The van der Waals surface area contributed by atoms with Crippen LogP contribution in [0.25, 0.3) is 0 Å². The van der Waals surface area contributed by atoms with Gasteiger partial charge >= 0.3 is 0 Å². The summed E-state index contributed by atoms with van der Waals surface area (Å²) in [6.45, 7) is 7.49. The molecule has 21 heavy (non-hydrogen) atoms. The Labute approximate surface area is 163 Å². The van der Waals surface area contributed by atoms with Gasteiger partial charge in [-0.1, -0.05) is 115 Å². The van der Waals surface area contributed by atoms with E-state index in [4.69, 9.17) is 4.74 Å². The zero-order valence-corrected chi connectivity index (χ0v) is 20.4. The van der Waals surface area contributed by atoms with Crippen molar-refractivity contribution in [2.45, 2.75) is 78.6 Å². The van der Waals surface area contributed by atoms with Crippen molar-refractivity contribution < 1.29 is 4.74 Å². The van der Waals surface area contributed by atoms with Gasteiger partial charge in [0.2, 0.25) is 0 Å². The van der Waals surface area contributed by atoms with E-state index in [-0.39, 0.29) is 0 Å². The van der Waals surface area contributed by atoms with Gasteiger partial charge in [-0.2, -0.15) is 0 Å². The van der Waals surface area contributed by atoms with E-state index >= 15 is 0 Å². The zero-order chi connectivity index (χ0) is 16.0. The summed E-state index contributed by atoms with van der Waals surface area (Å²) in [6.07, 6.45) is 15.4. The van der Waals surface area contributed by atoms with Crippen molar-refractivity contribution in [3.8, 4) is 0 Å². The maximum atomic E-state index is 5.50. The van der Waals surface area contributed by atoms with Crippen LogP contribution in [0.2, 0.25) is 0 Å². The molecule has 0 aromatic rings. The number of alkyl halides is 2. The van der Waals surface area contributed by atoms with Crippen molar-refractivity contribution in [3.05, 3.63) is 12.2 Å². The van der Waals surface area contributed by atoms with E-state index in [1.54, 1.807) is 0 Å². The van der Waals surface area contributed by atoms with Gasteiger partial charge in [-0.05, 0) is 19.8 Å². The van der Waals surface area contributed by atoms with E-state index in [0.717, 1.165) is 18.8 Å². The molecule has 0 aromatic carbocycles. The van der Waals surface area contributed by atoms with E-state index < -0.39 is 0 Å². The van der Waals surface area contributed by atoms with Gasteiger partial charge in [-0.15, -0.1) is 0 Å². The monoisotopic (exact) mass is 536 g/mol. The number of rotatable bonds is 15. The van der Waals surface area contributed by atoms with Crippen molar-refractivity contribution in [2.24, 2.45) is 0 Å². The maximum Gasteiger partial charge on any atom is 0.0671 e. The Hall–Kier alpha value is 1.38. The van der Waals surface area contributed by atoms with Crippen LogP contribution in [0.3, 0.4) is 0 Å². The summed E-state index contributed by atoms with van der Waals surface area (Å²) in [7, 11) is 1.31. The summed E-state index contributed by atoms with van der Waals surface area (Å²) < 4.78 is 6.10. The van der Waals surface area contributed by atoms with E-state index in [1.807, 2.05) is 6.92 Å². The topological polar surface area (TPSA) is 9.23 Å². The first kappa shape index (κ1) is 22.4. The molecule has 0 amide bonds. The van der Waals surface area contributed by atoms with E-state index in [2.05, 4.69) is 51.8 Å². The fourth-order valence-corrected chi connectivity index (χ4v) is 3.42. The van der Waals surface area contributed by atoms with Crippen molar-refractivity contribution in [3.63, 3.8) is 0 Å². The molecule has 0 unspecified atom stereocenters. The van der Waals surface area contributed by atoms with Gasteiger partial charge in [0.05, 0.1) is 7.66 Å². The smallest absolute Gasteiger partial charge is 0.0671 e. The van der Waals surface area contributed by atoms with Gasteiger partial charge < -0.3 is 4.74 Å². The Bertz CT molecular complexity index is 252. The highest BCUT2D eigenvalue weighted by molar-refractivity contribution is 14.2. The van der Waals surface area contributed by atoms with Crippen LogP contribution >= 0.6 is 45.2 Å². The van der Waals surface area contributed by atoms with Gasteiger partial charge in [-0.25, -0.2) is 0 Å². The fraction of sp³-hybridized carbons (Fsp3) is 0.882. The molecular formula is C17H34I2OSi. The largest absolute Gasteiger partial charge is 0.377 e. The van der Waals surface area contributed by atoms with Crippen LogP contribution in [0, 0.1) is 0 Å². The lowest BCUT2D eigenvalue weighted by Gasteiger charge is -2.13. The van der Waals surface area contributed by atoms with E-state index in [9.17, 15) is 0 Å². The second kappa shape index (κ2) is 14.9. The number of hydrogen-bond acceptors (Lipinski definition) is 1. The Balaban J connectivity index is 3.04.